The van der Waals surface area contributed by atoms with Gasteiger partial charge in [-0.25, -0.2) is 0 Å². The largest absolute Gasteiger partial charge is 0.469 e. The first kappa shape index (κ1) is 15.3. The SMILES string of the molecule is COC(=O)CC(OCOCc1ccccc1)C(C)=O. The summed E-state index contributed by atoms with van der Waals surface area (Å²) in [4.78, 5) is 22.4. The minimum atomic E-state index is -0.816. The molecule has 1 aromatic carbocycles. The van der Waals surface area contributed by atoms with Crippen molar-refractivity contribution < 1.29 is 23.8 Å². The van der Waals surface area contributed by atoms with Crippen LogP contribution < -0.4 is 0 Å². The number of hydrogen-bond donors (Lipinski definition) is 0. The van der Waals surface area contributed by atoms with Gasteiger partial charge in [0.05, 0.1) is 20.1 Å². The Labute approximate surface area is 112 Å². The molecule has 0 radical (unpaired) electrons. The highest BCUT2D eigenvalue weighted by molar-refractivity contribution is 5.85. The van der Waals surface area contributed by atoms with Crippen LogP contribution in [0.4, 0.5) is 0 Å². The zero-order valence-corrected chi connectivity index (χ0v) is 11.1. The summed E-state index contributed by atoms with van der Waals surface area (Å²) < 4.78 is 15.0. The Morgan fingerprint density at radius 1 is 1.21 bits per heavy atom. The van der Waals surface area contributed by atoms with Gasteiger partial charge in [-0.15, -0.1) is 0 Å². The third kappa shape index (κ3) is 6.13. The molecule has 0 saturated carbocycles. The van der Waals surface area contributed by atoms with Crippen LogP contribution in [0.2, 0.25) is 0 Å². The van der Waals surface area contributed by atoms with Crippen molar-refractivity contribution in [2.24, 2.45) is 0 Å². The van der Waals surface area contributed by atoms with E-state index in [-0.39, 0.29) is 19.0 Å². The Bertz CT molecular complexity index is 402. The van der Waals surface area contributed by atoms with Crippen molar-refractivity contribution in [1.29, 1.82) is 0 Å². The van der Waals surface area contributed by atoms with Gasteiger partial charge in [0.25, 0.3) is 0 Å². The third-order valence-corrected chi connectivity index (χ3v) is 2.50. The Morgan fingerprint density at radius 3 is 2.47 bits per heavy atom. The van der Waals surface area contributed by atoms with Crippen molar-refractivity contribution in [2.45, 2.75) is 26.1 Å². The molecule has 1 unspecified atom stereocenters. The number of Topliss-reactive ketones (excluding diaryl/α,β-unsaturated/α-hetero) is 1. The third-order valence-electron chi connectivity index (χ3n) is 2.50. The van der Waals surface area contributed by atoms with E-state index in [4.69, 9.17) is 9.47 Å². The molecule has 5 heteroatoms. The van der Waals surface area contributed by atoms with E-state index >= 15 is 0 Å². The molecule has 104 valence electrons. The van der Waals surface area contributed by atoms with Crippen LogP contribution in [0.3, 0.4) is 0 Å². The summed E-state index contributed by atoms with van der Waals surface area (Å²) in [6.45, 7) is 1.71. The van der Waals surface area contributed by atoms with Crippen molar-refractivity contribution in [3.8, 4) is 0 Å². The molecule has 0 amide bonds. The van der Waals surface area contributed by atoms with Crippen LogP contribution in [0.25, 0.3) is 0 Å². The second-order valence-electron chi connectivity index (χ2n) is 4.00. The van der Waals surface area contributed by atoms with E-state index in [1.807, 2.05) is 30.3 Å². The maximum atomic E-state index is 11.3. The molecule has 0 aliphatic rings. The van der Waals surface area contributed by atoms with Crippen molar-refractivity contribution in [3.63, 3.8) is 0 Å². The van der Waals surface area contributed by atoms with Gasteiger partial charge in [-0.05, 0) is 12.5 Å². The van der Waals surface area contributed by atoms with E-state index in [0.717, 1.165) is 5.56 Å². The summed E-state index contributed by atoms with van der Waals surface area (Å²) in [7, 11) is 1.27. The number of ketones is 1. The van der Waals surface area contributed by atoms with E-state index in [9.17, 15) is 9.59 Å². The molecular formula is C14H18O5. The highest BCUT2D eigenvalue weighted by Gasteiger charge is 2.19. The first-order valence-electron chi connectivity index (χ1n) is 5.94. The minimum Gasteiger partial charge on any atom is -0.469 e. The maximum absolute atomic E-state index is 11.3. The van der Waals surface area contributed by atoms with Gasteiger partial charge in [-0.3, -0.25) is 9.59 Å². The number of esters is 1. The number of carbonyl (C=O) groups is 2. The van der Waals surface area contributed by atoms with Gasteiger partial charge in [0.1, 0.15) is 12.9 Å². The molecule has 0 aliphatic heterocycles. The van der Waals surface area contributed by atoms with Crippen LogP contribution in [-0.4, -0.2) is 31.8 Å². The first-order valence-corrected chi connectivity index (χ1v) is 5.94. The van der Waals surface area contributed by atoms with E-state index < -0.39 is 12.1 Å². The van der Waals surface area contributed by atoms with Gasteiger partial charge in [0.15, 0.2) is 5.78 Å². The van der Waals surface area contributed by atoms with Crippen molar-refractivity contribution in [3.05, 3.63) is 35.9 Å². The summed E-state index contributed by atoms with van der Waals surface area (Å²) in [6.07, 6.45) is -0.913. The number of hydrogen-bond acceptors (Lipinski definition) is 5. The fraction of sp³-hybridized carbons (Fsp3) is 0.429. The normalized spacial score (nSPS) is 11.9. The van der Waals surface area contributed by atoms with Crippen molar-refractivity contribution in [1.82, 2.24) is 0 Å². The molecule has 0 bridgehead atoms. The molecule has 0 fully saturated rings. The molecule has 1 atom stereocenters. The topological polar surface area (TPSA) is 61.8 Å². The van der Waals surface area contributed by atoms with Gasteiger partial charge in [0, 0.05) is 0 Å². The van der Waals surface area contributed by atoms with Crippen LogP contribution in [0.15, 0.2) is 30.3 Å². The summed E-state index contributed by atoms with van der Waals surface area (Å²) in [5, 5.41) is 0. The Morgan fingerprint density at radius 2 is 1.89 bits per heavy atom. The Balaban J connectivity index is 2.29. The quantitative estimate of drug-likeness (QED) is 0.407. The molecule has 0 N–H and O–H groups in total. The Hall–Kier alpha value is -1.72. The molecule has 19 heavy (non-hydrogen) atoms. The predicted molar refractivity (Wildman–Crippen MR) is 68.3 cm³/mol. The van der Waals surface area contributed by atoms with Crippen LogP contribution in [-0.2, 0) is 30.4 Å². The van der Waals surface area contributed by atoms with E-state index in [1.165, 1.54) is 14.0 Å². The molecule has 1 aromatic rings. The number of rotatable bonds is 8. The second kappa shape index (κ2) is 8.39. The van der Waals surface area contributed by atoms with Crippen molar-refractivity contribution in [2.75, 3.05) is 13.9 Å². The first-order chi connectivity index (χ1) is 9.13. The molecule has 0 saturated heterocycles. The lowest BCUT2D eigenvalue weighted by molar-refractivity contribution is -0.155. The Kier molecular flexibility index (Phi) is 6.78. The summed E-state index contributed by atoms with van der Waals surface area (Å²) in [5.74, 6) is -0.711. The highest BCUT2D eigenvalue weighted by Crippen LogP contribution is 2.04. The number of benzene rings is 1. The molecule has 5 nitrogen and oxygen atoms in total. The predicted octanol–water partition coefficient (Wildman–Crippen LogP) is 1.70. The van der Waals surface area contributed by atoms with E-state index in [1.54, 1.807) is 0 Å². The fourth-order valence-electron chi connectivity index (χ4n) is 1.42. The molecule has 0 aliphatic carbocycles. The average Bonchev–Trinajstić information content (AvgIpc) is 2.42. The van der Waals surface area contributed by atoms with Crippen LogP contribution in [0, 0.1) is 0 Å². The summed E-state index contributed by atoms with van der Waals surface area (Å²) >= 11 is 0. The highest BCUT2D eigenvalue weighted by atomic mass is 16.7. The van der Waals surface area contributed by atoms with E-state index in [2.05, 4.69) is 4.74 Å². The zero-order valence-electron chi connectivity index (χ0n) is 11.1. The molecule has 1 rings (SSSR count). The van der Waals surface area contributed by atoms with Gasteiger partial charge < -0.3 is 14.2 Å². The summed E-state index contributed by atoms with van der Waals surface area (Å²) in [5.41, 5.74) is 1.01. The maximum Gasteiger partial charge on any atom is 0.308 e. The van der Waals surface area contributed by atoms with Crippen molar-refractivity contribution >= 4 is 11.8 Å². The molecule has 0 heterocycles. The lowest BCUT2D eigenvalue weighted by Crippen LogP contribution is -2.26. The average molecular weight is 266 g/mol. The smallest absolute Gasteiger partial charge is 0.308 e. The number of carbonyl (C=O) groups excluding carboxylic acids is 2. The van der Waals surface area contributed by atoms with Gasteiger partial charge in [-0.2, -0.15) is 0 Å². The lowest BCUT2D eigenvalue weighted by Gasteiger charge is -2.13. The molecule has 0 aromatic heterocycles. The fourth-order valence-corrected chi connectivity index (χ4v) is 1.42. The van der Waals surface area contributed by atoms with Crippen LogP contribution in [0.1, 0.15) is 18.9 Å². The minimum absolute atomic E-state index is 0.0455. The van der Waals surface area contributed by atoms with Gasteiger partial charge >= 0.3 is 5.97 Å². The van der Waals surface area contributed by atoms with E-state index in [0.29, 0.717) is 6.61 Å². The lowest BCUT2D eigenvalue weighted by atomic mass is 10.2. The second-order valence-corrected chi connectivity index (χ2v) is 4.00. The van der Waals surface area contributed by atoms with Gasteiger partial charge in [0.2, 0.25) is 0 Å². The van der Waals surface area contributed by atoms with Crippen LogP contribution in [0.5, 0.6) is 0 Å². The monoisotopic (exact) mass is 266 g/mol. The zero-order chi connectivity index (χ0) is 14.1. The van der Waals surface area contributed by atoms with Gasteiger partial charge in [-0.1, -0.05) is 30.3 Å². The standard InChI is InChI=1S/C14H18O5/c1-11(15)13(8-14(16)17-2)19-10-18-9-12-6-4-3-5-7-12/h3-7,13H,8-10H2,1-2H3. The molecular weight excluding hydrogens is 248 g/mol. The number of ether oxygens (including phenoxy) is 3. The summed E-state index contributed by atoms with van der Waals surface area (Å²) in [6, 6.07) is 9.60. The molecule has 0 spiro atoms. The number of methoxy groups -OCH3 is 1. The van der Waals surface area contributed by atoms with Crippen LogP contribution >= 0.6 is 0 Å².